The summed E-state index contributed by atoms with van der Waals surface area (Å²) in [6.45, 7) is 8.31. The Balaban J connectivity index is 2.14. The van der Waals surface area contributed by atoms with E-state index < -0.39 is 17.2 Å². The molecule has 1 aromatic carbocycles. The van der Waals surface area contributed by atoms with Crippen molar-refractivity contribution in [2.75, 3.05) is 20.3 Å². The molecule has 0 saturated heterocycles. The van der Waals surface area contributed by atoms with Crippen LogP contribution in [0.2, 0.25) is 0 Å². The third-order valence-corrected chi connectivity index (χ3v) is 5.96. The number of pyridine rings is 1. The lowest BCUT2D eigenvalue weighted by Crippen LogP contribution is -2.52. The number of nitrogens with zero attached hydrogens (tertiary/aromatic N) is 1. The van der Waals surface area contributed by atoms with Crippen LogP contribution in [0.3, 0.4) is 0 Å². The van der Waals surface area contributed by atoms with Gasteiger partial charge in [0.05, 0.1) is 25.9 Å². The monoisotopic (exact) mass is 486 g/mol. The largest absolute Gasteiger partial charge is 0.503 e. The predicted molar refractivity (Wildman–Crippen MR) is 134 cm³/mol. The lowest BCUT2D eigenvalue weighted by atomic mass is 9.88. The number of aromatic hydroxyl groups is 1. The molecule has 0 aliphatic rings. The van der Waals surface area contributed by atoms with Gasteiger partial charge in [-0.15, -0.1) is 0 Å². The van der Waals surface area contributed by atoms with Crippen LogP contribution in [-0.2, 0) is 20.7 Å². The molecule has 0 bridgehead atoms. The van der Waals surface area contributed by atoms with Gasteiger partial charge < -0.3 is 29.4 Å². The lowest BCUT2D eigenvalue weighted by Gasteiger charge is -2.34. The summed E-state index contributed by atoms with van der Waals surface area (Å²) in [5.74, 6) is -0.934. The fraction of sp³-hybridized carbons (Fsp3) is 0.519. The van der Waals surface area contributed by atoms with Crippen molar-refractivity contribution in [2.45, 2.75) is 64.7 Å². The van der Waals surface area contributed by atoms with Gasteiger partial charge in [-0.05, 0) is 38.7 Å². The molecule has 2 N–H and O–H groups in total. The molecule has 0 fully saturated rings. The Kier molecular flexibility index (Phi) is 11.1. The third-order valence-electron chi connectivity index (χ3n) is 5.96. The van der Waals surface area contributed by atoms with Crippen molar-refractivity contribution >= 4 is 12.2 Å². The Hall–Kier alpha value is -2.97. The van der Waals surface area contributed by atoms with Crippen molar-refractivity contribution in [1.29, 1.82) is 0 Å². The second-order valence-corrected chi connectivity index (χ2v) is 8.89. The van der Waals surface area contributed by atoms with Crippen LogP contribution in [0.5, 0.6) is 11.5 Å². The normalized spacial score (nSPS) is 15.5. The van der Waals surface area contributed by atoms with Crippen LogP contribution in [0.1, 0.15) is 56.6 Å². The summed E-state index contributed by atoms with van der Waals surface area (Å²) in [6, 6.07) is 11.6. The van der Waals surface area contributed by atoms with E-state index in [1.54, 1.807) is 6.92 Å². The maximum atomic E-state index is 12.8. The molecule has 2 rings (SSSR count). The van der Waals surface area contributed by atoms with E-state index in [2.05, 4.69) is 36.3 Å². The molecule has 1 heterocycles. The SMILES string of the molecule is CCCO[C@H](CC)[C@@H](Cc1ccccc1)[C@H](C)OC[C@](C)(C=O)NC(=O)c1nccc(OC)c1O. The molecule has 0 saturated carbocycles. The van der Waals surface area contributed by atoms with Crippen molar-refractivity contribution in [3.05, 3.63) is 53.9 Å². The predicted octanol–water partition coefficient (Wildman–Crippen LogP) is 3.95. The molecule has 0 radical (unpaired) electrons. The minimum absolute atomic E-state index is 0.0137. The number of methoxy groups -OCH3 is 1. The van der Waals surface area contributed by atoms with E-state index in [9.17, 15) is 14.7 Å². The van der Waals surface area contributed by atoms with E-state index in [0.717, 1.165) is 19.3 Å². The fourth-order valence-electron chi connectivity index (χ4n) is 3.91. The standard InChI is InChI=1S/C27H38N2O6/c1-6-15-34-22(7-2)21(16-20-11-9-8-10-12-20)19(3)35-18-27(4,17-30)29-26(32)24-25(31)23(33-5)13-14-28-24/h8-14,17,19,21-22,31H,6-7,15-16,18H2,1-5H3,(H,29,32)/t19-,21-,22+,27-/m0/s1. The van der Waals surface area contributed by atoms with Crippen molar-refractivity contribution < 1.29 is 28.9 Å². The second-order valence-electron chi connectivity index (χ2n) is 8.89. The average Bonchev–Trinajstić information content (AvgIpc) is 2.87. The molecule has 35 heavy (non-hydrogen) atoms. The van der Waals surface area contributed by atoms with Gasteiger partial charge in [0.15, 0.2) is 17.2 Å². The van der Waals surface area contributed by atoms with Crippen LogP contribution in [0.25, 0.3) is 0 Å². The summed E-state index contributed by atoms with van der Waals surface area (Å²) in [7, 11) is 1.38. The Morgan fingerprint density at radius 1 is 1.20 bits per heavy atom. The smallest absolute Gasteiger partial charge is 0.274 e. The first-order chi connectivity index (χ1) is 16.8. The van der Waals surface area contributed by atoms with Gasteiger partial charge in [-0.2, -0.15) is 0 Å². The Morgan fingerprint density at radius 3 is 2.51 bits per heavy atom. The van der Waals surface area contributed by atoms with E-state index in [1.165, 1.54) is 24.9 Å². The van der Waals surface area contributed by atoms with Gasteiger partial charge in [0.2, 0.25) is 0 Å². The highest BCUT2D eigenvalue weighted by molar-refractivity contribution is 5.97. The second kappa shape index (κ2) is 13.8. The van der Waals surface area contributed by atoms with Crippen molar-refractivity contribution in [2.24, 2.45) is 5.92 Å². The highest BCUT2D eigenvalue weighted by Gasteiger charge is 2.33. The summed E-state index contributed by atoms with van der Waals surface area (Å²) < 4.78 is 17.3. The van der Waals surface area contributed by atoms with E-state index in [1.807, 2.05) is 25.1 Å². The number of ether oxygens (including phenoxy) is 3. The molecule has 0 aliphatic heterocycles. The van der Waals surface area contributed by atoms with Crippen molar-refractivity contribution in [1.82, 2.24) is 10.3 Å². The average molecular weight is 487 g/mol. The highest BCUT2D eigenvalue weighted by Crippen LogP contribution is 2.28. The van der Waals surface area contributed by atoms with Gasteiger partial charge in [-0.3, -0.25) is 4.79 Å². The maximum Gasteiger partial charge on any atom is 0.274 e. The number of rotatable bonds is 15. The first-order valence-electron chi connectivity index (χ1n) is 12.1. The number of carbonyl (C=O) groups is 2. The zero-order valence-electron chi connectivity index (χ0n) is 21.3. The van der Waals surface area contributed by atoms with Crippen LogP contribution in [0, 0.1) is 5.92 Å². The lowest BCUT2D eigenvalue weighted by molar-refractivity contribution is -0.118. The molecule has 8 heteroatoms. The fourth-order valence-corrected chi connectivity index (χ4v) is 3.91. The highest BCUT2D eigenvalue weighted by atomic mass is 16.5. The van der Waals surface area contributed by atoms with Gasteiger partial charge in [0.25, 0.3) is 5.91 Å². The number of benzene rings is 1. The van der Waals surface area contributed by atoms with Gasteiger partial charge in [-0.1, -0.05) is 44.2 Å². The van der Waals surface area contributed by atoms with E-state index in [-0.39, 0.29) is 36.2 Å². The van der Waals surface area contributed by atoms with Gasteiger partial charge in [-0.25, -0.2) is 4.98 Å². The Morgan fingerprint density at radius 2 is 1.91 bits per heavy atom. The number of amides is 1. The minimum atomic E-state index is -1.33. The Bertz CT molecular complexity index is 939. The minimum Gasteiger partial charge on any atom is -0.503 e. The van der Waals surface area contributed by atoms with E-state index >= 15 is 0 Å². The van der Waals surface area contributed by atoms with Crippen LogP contribution in [0.4, 0.5) is 0 Å². The zero-order valence-corrected chi connectivity index (χ0v) is 21.3. The zero-order chi connectivity index (χ0) is 25.8. The maximum absolute atomic E-state index is 12.8. The third kappa shape index (κ3) is 8.04. The molecule has 0 aliphatic carbocycles. The summed E-state index contributed by atoms with van der Waals surface area (Å²) in [5, 5.41) is 12.9. The molecular formula is C27H38N2O6. The molecule has 8 nitrogen and oxygen atoms in total. The van der Waals surface area contributed by atoms with Crippen LogP contribution < -0.4 is 10.1 Å². The van der Waals surface area contributed by atoms with Crippen molar-refractivity contribution in [3.63, 3.8) is 0 Å². The van der Waals surface area contributed by atoms with Gasteiger partial charge >= 0.3 is 0 Å². The molecule has 0 unspecified atom stereocenters. The molecule has 0 spiro atoms. The van der Waals surface area contributed by atoms with Gasteiger partial charge in [0.1, 0.15) is 11.8 Å². The van der Waals surface area contributed by atoms with Crippen LogP contribution in [0.15, 0.2) is 42.6 Å². The summed E-state index contributed by atoms with van der Waals surface area (Å²) >= 11 is 0. The summed E-state index contributed by atoms with van der Waals surface area (Å²) in [4.78, 5) is 28.7. The number of aromatic nitrogens is 1. The quantitative estimate of drug-likeness (QED) is 0.367. The molecule has 1 aromatic heterocycles. The number of carbonyl (C=O) groups excluding carboxylic acids is 2. The van der Waals surface area contributed by atoms with E-state index in [0.29, 0.717) is 12.9 Å². The topological polar surface area (TPSA) is 107 Å². The Labute approximate surface area is 208 Å². The molecule has 1 amide bonds. The van der Waals surface area contributed by atoms with Crippen molar-refractivity contribution in [3.8, 4) is 11.5 Å². The number of aldehydes is 1. The summed E-state index contributed by atoms with van der Waals surface area (Å²) in [5.41, 5.74) is -0.379. The van der Waals surface area contributed by atoms with Crippen LogP contribution in [-0.4, -0.2) is 60.4 Å². The first-order valence-corrected chi connectivity index (χ1v) is 12.1. The first kappa shape index (κ1) is 28.3. The van der Waals surface area contributed by atoms with Gasteiger partial charge in [0, 0.05) is 24.8 Å². The van der Waals surface area contributed by atoms with E-state index in [4.69, 9.17) is 14.2 Å². The number of hydrogen-bond donors (Lipinski definition) is 2. The molecular weight excluding hydrogens is 448 g/mol. The molecule has 4 atom stereocenters. The molecule has 192 valence electrons. The molecule has 2 aromatic rings. The number of nitrogens with one attached hydrogen (secondary N) is 1. The van der Waals surface area contributed by atoms with Crippen LogP contribution >= 0.6 is 0 Å². The summed E-state index contributed by atoms with van der Waals surface area (Å²) in [6.07, 6.45) is 4.22. The number of hydrogen-bond acceptors (Lipinski definition) is 7.